The van der Waals surface area contributed by atoms with Crippen molar-refractivity contribution in [3.05, 3.63) is 40.2 Å². The zero-order valence-corrected chi connectivity index (χ0v) is 19.4. The van der Waals surface area contributed by atoms with Gasteiger partial charge in [0.15, 0.2) is 15.9 Å². The van der Waals surface area contributed by atoms with Crippen LogP contribution in [0.25, 0.3) is 10.3 Å². The summed E-state index contributed by atoms with van der Waals surface area (Å²) in [5, 5.41) is 4.04. The summed E-state index contributed by atoms with van der Waals surface area (Å²) in [5.74, 6) is -0.573. The van der Waals surface area contributed by atoms with E-state index in [4.69, 9.17) is 4.74 Å². The topological polar surface area (TPSA) is 106 Å². The maximum absolute atomic E-state index is 12.8. The first-order valence-electron chi connectivity index (χ1n) is 10.3. The second kappa shape index (κ2) is 9.70. The van der Waals surface area contributed by atoms with Gasteiger partial charge in [-0.25, -0.2) is 9.78 Å². The molecule has 0 unspecified atom stereocenters. The lowest BCUT2D eigenvalue weighted by Gasteiger charge is -2.11. The number of amides is 1. The van der Waals surface area contributed by atoms with Crippen LogP contribution < -0.4 is 15.8 Å². The number of carbonyl (C=O) groups is 2. The molecule has 9 nitrogen and oxygen atoms in total. The van der Waals surface area contributed by atoms with E-state index in [1.54, 1.807) is 38.2 Å². The molecule has 1 saturated heterocycles. The average molecular weight is 474 g/mol. The van der Waals surface area contributed by atoms with Crippen molar-refractivity contribution in [3.63, 3.8) is 0 Å². The molecule has 1 aliphatic rings. The second-order valence-corrected chi connectivity index (χ2v) is 9.16. The van der Waals surface area contributed by atoms with Gasteiger partial charge >= 0.3 is 5.97 Å². The van der Waals surface area contributed by atoms with Gasteiger partial charge in [0.2, 0.25) is 5.91 Å². The van der Waals surface area contributed by atoms with Crippen molar-refractivity contribution >= 4 is 56.1 Å². The number of hydrogen-bond acceptors (Lipinski definition) is 9. The van der Waals surface area contributed by atoms with Crippen LogP contribution in [0.3, 0.4) is 0 Å². The average Bonchev–Trinajstić information content (AvgIpc) is 3.46. The highest BCUT2D eigenvalue weighted by Crippen LogP contribution is 2.29. The van der Waals surface area contributed by atoms with Gasteiger partial charge in [0.25, 0.3) is 5.56 Å². The van der Waals surface area contributed by atoms with Crippen LogP contribution in [0.4, 0.5) is 10.8 Å². The Labute approximate surface area is 192 Å². The summed E-state index contributed by atoms with van der Waals surface area (Å²) in [7, 11) is 1.65. The molecule has 4 rings (SSSR count). The van der Waals surface area contributed by atoms with Gasteiger partial charge < -0.3 is 15.0 Å². The summed E-state index contributed by atoms with van der Waals surface area (Å²) in [6.07, 6.45) is 2.26. The number of hydrogen-bond donors (Lipinski definition) is 1. The Kier molecular flexibility index (Phi) is 6.75. The van der Waals surface area contributed by atoms with Gasteiger partial charge in [-0.05, 0) is 44.0 Å². The number of esters is 1. The molecule has 3 aromatic rings. The Hall–Kier alpha value is -2.92. The lowest BCUT2D eigenvalue weighted by atomic mass is 10.2. The van der Waals surface area contributed by atoms with Gasteiger partial charge in [-0.1, -0.05) is 23.1 Å². The molecule has 32 heavy (non-hydrogen) atoms. The smallest absolute Gasteiger partial charge is 0.338 e. The van der Waals surface area contributed by atoms with Crippen LogP contribution >= 0.6 is 23.1 Å². The van der Waals surface area contributed by atoms with Crippen LogP contribution in [0.15, 0.2) is 34.2 Å². The second-order valence-electron chi connectivity index (χ2n) is 7.24. The van der Waals surface area contributed by atoms with Gasteiger partial charge in [0, 0.05) is 25.8 Å². The number of rotatable bonds is 7. The van der Waals surface area contributed by atoms with Crippen molar-refractivity contribution in [3.8, 4) is 0 Å². The largest absolute Gasteiger partial charge is 0.462 e. The molecule has 0 radical (unpaired) electrons. The summed E-state index contributed by atoms with van der Waals surface area (Å²) in [6.45, 7) is 3.94. The number of thiazole rings is 1. The molecule has 1 fully saturated rings. The predicted molar refractivity (Wildman–Crippen MR) is 126 cm³/mol. The number of thioether (sulfide) groups is 1. The van der Waals surface area contributed by atoms with E-state index in [9.17, 15) is 14.4 Å². The van der Waals surface area contributed by atoms with Gasteiger partial charge in [0.05, 0.1) is 17.9 Å². The highest BCUT2D eigenvalue weighted by molar-refractivity contribution is 7.99. The molecule has 11 heteroatoms. The number of benzene rings is 1. The number of fused-ring (bicyclic) bond motifs is 1. The maximum Gasteiger partial charge on any atom is 0.338 e. The first-order chi connectivity index (χ1) is 15.5. The highest BCUT2D eigenvalue weighted by Gasteiger charge is 2.20. The summed E-state index contributed by atoms with van der Waals surface area (Å²) >= 11 is 2.55. The molecular formula is C21H23N5O4S2. The zero-order chi connectivity index (χ0) is 22.7. The van der Waals surface area contributed by atoms with Crippen molar-refractivity contribution in [2.24, 2.45) is 7.05 Å². The van der Waals surface area contributed by atoms with Crippen molar-refractivity contribution in [2.75, 3.05) is 35.7 Å². The van der Waals surface area contributed by atoms with E-state index in [0.717, 1.165) is 31.1 Å². The molecule has 1 N–H and O–H groups in total. The van der Waals surface area contributed by atoms with Crippen LogP contribution in [-0.4, -0.2) is 51.9 Å². The summed E-state index contributed by atoms with van der Waals surface area (Å²) in [5.41, 5.74) is 1.26. The number of ether oxygens (including phenoxy) is 1. The van der Waals surface area contributed by atoms with Crippen molar-refractivity contribution in [1.82, 2.24) is 14.5 Å². The molecule has 0 saturated carbocycles. The van der Waals surface area contributed by atoms with Crippen LogP contribution in [0.2, 0.25) is 0 Å². The van der Waals surface area contributed by atoms with Gasteiger partial charge in [-0.3, -0.25) is 14.2 Å². The van der Waals surface area contributed by atoms with Gasteiger partial charge in [-0.15, -0.1) is 0 Å². The molecule has 168 valence electrons. The number of anilines is 2. The summed E-state index contributed by atoms with van der Waals surface area (Å²) in [4.78, 5) is 48.1. The standard InChI is InChI=1S/C21H23N5O4S2/c1-3-30-19(29)13-6-8-14(9-7-13)22-15(27)12-31-20-23-17-16(18(28)25(20)2)32-21(24-17)26-10-4-5-11-26/h6-9H,3-5,10-12H2,1-2H3,(H,22,27). The molecule has 0 aliphatic carbocycles. The maximum atomic E-state index is 12.8. The monoisotopic (exact) mass is 473 g/mol. The minimum Gasteiger partial charge on any atom is -0.462 e. The SMILES string of the molecule is CCOC(=O)c1ccc(NC(=O)CSc2nc3nc(N4CCCC4)sc3c(=O)n2C)cc1. The zero-order valence-electron chi connectivity index (χ0n) is 17.8. The fraction of sp³-hybridized carbons (Fsp3) is 0.381. The number of aromatic nitrogens is 3. The molecular weight excluding hydrogens is 450 g/mol. The lowest BCUT2D eigenvalue weighted by molar-refractivity contribution is -0.113. The van der Waals surface area contributed by atoms with E-state index < -0.39 is 5.97 Å². The molecule has 0 atom stereocenters. The van der Waals surface area contributed by atoms with Crippen LogP contribution in [0, 0.1) is 0 Å². The minimum absolute atomic E-state index is 0.0779. The molecule has 2 aromatic heterocycles. The first-order valence-corrected chi connectivity index (χ1v) is 12.1. The number of carbonyl (C=O) groups excluding carboxylic acids is 2. The van der Waals surface area contributed by atoms with E-state index in [1.807, 2.05) is 0 Å². The number of nitrogens with one attached hydrogen (secondary N) is 1. The highest BCUT2D eigenvalue weighted by atomic mass is 32.2. The van der Waals surface area contributed by atoms with Crippen LogP contribution in [-0.2, 0) is 16.6 Å². The molecule has 3 heterocycles. The Morgan fingerprint density at radius 2 is 1.91 bits per heavy atom. The van der Waals surface area contributed by atoms with Gasteiger partial charge in [0.1, 0.15) is 4.70 Å². The van der Waals surface area contributed by atoms with Crippen molar-refractivity contribution in [1.29, 1.82) is 0 Å². The van der Waals surface area contributed by atoms with Crippen molar-refractivity contribution < 1.29 is 14.3 Å². The first kappa shape index (κ1) is 22.3. The molecule has 1 amide bonds. The minimum atomic E-state index is -0.404. The Balaban J connectivity index is 1.42. The molecule has 1 aliphatic heterocycles. The van der Waals surface area contributed by atoms with Crippen LogP contribution in [0.1, 0.15) is 30.1 Å². The molecule has 0 spiro atoms. The van der Waals surface area contributed by atoms with E-state index in [-0.39, 0.29) is 17.2 Å². The van der Waals surface area contributed by atoms with E-state index in [2.05, 4.69) is 20.2 Å². The predicted octanol–water partition coefficient (Wildman–Crippen LogP) is 2.90. The fourth-order valence-electron chi connectivity index (χ4n) is 3.32. The Morgan fingerprint density at radius 1 is 1.19 bits per heavy atom. The Bertz CT molecular complexity index is 1200. The summed E-state index contributed by atoms with van der Waals surface area (Å²) in [6, 6.07) is 6.48. The van der Waals surface area contributed by atoms with Crippen LogP contribution in [0.5, 0.6) is 0 Å². The quantitative estimate of drug-likeness (QED) is 0.317. The van der Waals surface area contributed by atoms with Gasteiger partial charge in [-0.2, -0.15) is 4.98 Å². The third-order valence-electron chi connectivity index (χ3n) is 4.97. The van der Waals surface area contributed by atoms with E-state index in [0.29, 0.717) is 33.4 Å². The lowest BCUT2D eigenvalue weighted by Crippen LogP contribution is -2.20. The third kappa shape index (κ3) is 4.78. The third-order valence-corrected chi connectivity index (χ3v) is 7.10. The van der Waals surface area contributed by atoms with Crippen molar-refractivity contribution in [2.45, 2.75) is 24.9 Å². The molecule has 0 bridgehead atoms. The molecule has 1 aromatic carbocycles. The number of nitrogens with zero attached hydrogens (tertiary/aromatic N) is 4. The summed E-state index contributed by atoms with van der Waals surface area (Å²) < 4.78 is 6.94. The fourth-order valence-corrected chi connectivity index (χ4v) is 5.12. The Morgan fingerprint density at radius 3 is 2.59 bits per heavy atom. The van der Waals surface area contributed by atoms with E-state index >= 15 is 0 Å². The normalized spacial score (nSPS) is 13.5. The van der Waals surface area contributed by atoms with E-state index in [1.165, 1.54) is 27.7 Å².